The number of carbonyl (C=O) groups is 1. The molecule has 0 N–H and O–H groups in total. The number of rotatable bonds is 5. The molecule has 2 aromatic carbocycles. The Morgan fingerprint density at radius 2 is 2.19 bits per heavy atom. The molecule has 1 aliphatic rings. The highest BCUT2D eigenvalue weighted by Crippen LogP contribution is 2.31. The van der Waals surface area contributed by atoms with Crippen LogP contribution >= 0.6 is 15.9 Å². The number of aromatic nitrogens is 2. The van der Waals surface area contributed by atoms with Crippen molar-refractivity contribution in [2.24, 2.45) is 0 Å². The summed E-state index contributed by atoms with van der Waals surface area (Å²) in [5, 5.41) is 0. The number of hydrogen-bond acceptors (Lipinski definition) is 5. The fourth-order valence-electron chi connectivity index (χ4n) is 2.89. The number of ether oxygens (including phenoxy) is 3. The first-order chi connectivity index (χ1) is 13.0. The Morgan fingerprint density at radius 1 is 1.37 bits per heavy atom. The van der Waals surface area contributed by atoms with E-state index in [2.05, 4.69) is 20.9 Å². The molecule has 1 aromatic heterocycles. The molecule has 2 heterocycles. The lowest BCUT2D eigenvalue weighted by molar-refractivity contribution is -0.0593. The zero-order valence-electron chi connectivity index (χ0n) is 14.4. The van der Waals surface area contributed by atoms with Crippen molar-refractivity contribution in [3.05, 3.63) is 52.3 Å². The van der Waals surface area contributed by atoms with E-state index >= 15 is 0 Å². The van der Waals surface area contributed by atoms with Gasteiger partial charge in [-0.25, -0.2) is 9.18 Å². The van der Waals surface area contributed by atoms with Crippen LogP contribution in [0.4, 0.5) is 4.39 Å². The Kier molecular flexibility index (Phi) is 4.84. The third-order valence-corrected chi connectivity index (χ3v) is 4.90. The first kappa shape index (κ1) is 17.9. The number of hydrogen-bond donors (Lipinski definition) is 0. The van der Waals surface area contributed by atoms with Gasteiger partial charge in [-0.1, -0.05) is 15.9 Å². The minimum absolute atomic E-state index is 0.0290. The molecular weight excluding hydrogens is 419 g/mol. The Balaban J connectivity index is 1.77. The van der Waals surface area contributed by atoms with Gasteiger partial charge in [0.2, 0.25) is 0 Å². The van der Waals surface area contributed by atoms with Crippen molar-refractivity contribution in [3.63, 3.8) is 0 Å². The summed E-state index contributed by atoms with van der Waals surface area (Å²) in [4.78, 5) is 16.3. The van der Waals surface area contributed by atoms with E-state index in [-0.39, 0.29) is 17.9 Å². The zero-order chi connectivity index (χ0) is 19.0. The summed E-state index contributed by atoms with van der Waals surface area (Å²) in [7, 11) is 1.33. The van der Waals surface area contributed by atoms with E-state index in [0.29, 0.717) is 34.2 Å². The minimum Gasteiger partial charge on any atom is -0.465 e. The molecule has 1 aliphatic heterocycles. The normalized spacial score (nSPS) is 16.2. The van der Waals surface area contributed by atoms with Gasteiger partial charge >= 0.3 is 12.0 Å². The summed E-state index contributed by atoms with van der Waals surface area (Å²) in [6.45, 7) is 1.21. The largest absolute Gasteiger partial charge is 0.465 e. The molecule has 0 aliphatic carbocycles. The van der Waals surface area contributed by atoms with Crippen molar-refractivity contribution < 1.29 is 23.4 Å². The highest BCUT2D eigenvalue weighted by atomic mass is 79.9. The number of fused-ring (bicyclic) bond motifs is 1. The second kappa shape index (κ2) is 7.28. The third kappa shape index (κ3) is 3.54. The van der Waals surface area contributed by atoms with Gasteiger partial charge in [0.25, 0.3) is 0 Å². The van der Waals surface area contributed by atoms with Crippen molar-refractivity contribution >= 4 is 32.9 Å². The Hall–Kier alpha value is -2.45. The van der Waals surface area contributed by atoms with Crippen LogP contribution in [-0.2, 0) is 16.0 Å². The van der Waals surface area contributed by atoms with Crippen LogP contribution in [0.2, 0.25) is 0 Å². The number of carbonyl (C=O) groups excluding carboxylic acids is 1. The monoisotopic (exact) mass is 434 g/mol. The molecule has 0 amide bonds. The summed E-state index contributed by atoms with van der Waals surface area (Å²) in [5.74, 6) is -0.874. The summed E-state index contributed by atoms with van der Waals surface area (Å²) in [6.07, 6.45) is 0.948. The molecule has 1 atom stereocenters. The fourth-order valence-corrected chi connectivity index (χ4v) is 3.22. The summed E-state index contributed by atoms with van der Waals surface area (Å²) < 4.78 is 32.7. The first-order valence-electron chi connectivity index (χ1n) is 8.38. The van der Waals surface area contributed by atoms with Gasteiger partial charge in [-0.05, 0) is 42.8 Å². The van der Waals surface area contributed by atoms with Crippen LogP contribution in [0.1, 0.15) is 16.8 Å². The number of nitrogens with zero attached hydrogens (tertiary/aromatic N) is 2. The number of benzene rings is 2. The van der Waals surface area contributed by atoms with Crippen LogP contribution in [0.3, 0.4) is 0 Å². The number of imidazole rings is 1. The van der Waals surface area contributed by atoms with Crippen molar-refractivity contribution in [3.8, 4) is 11.8 Å². The van der Waals surface area contributed by atoms with Crippen molar-refractivity contribution in [1.82, 2.24) is 9.55 Å². The van der Waals surface area contributed by atoms with E-state index in [1.807, 2.05) is 0 Å². The van der Waals surface area contributed by atoms with E-state index in [9.17, 15) is 9.18 Å². The van der Waals surface area contributed by atoms with Crippen LogP contribution in [0, 0.1) is 5.82 Å². The van der Waals surface area contributed by atoms with E-state index in [1.54, 1.807) is 28.8 Å². The van der Waals surface area contributed by atoms with Gasteiger partial charge in [0.15, 0.2) is 11.6 Å². The van der Waals surface area contributed by atoms with Gasteiger partial charge in [0.1, 0.15) is 0 Å². The molecule has 3 aromatic rings. The maximum atomic E-state index is 14.2. The van der Waals surface area contributed by atoms with Gasteiger partial charge in [0.05, 0.1) is 36.4 Å². The number of methoxy groups -OCH3 is 1. The lowest BCUT2D eigenvalue weighted by Crippen LogP contribution is -2.31. The molecular formula is C19H16BrFN2O4. The van der Waals surface area contributed by atoms with E-state index in [0.717, 1.165) is 6.42 Å². The molecule has 140 valence electrons. The molecule has 1 saturated heterocycles. The van der Waals surface area contributed by atoms with Crippen LogP contribution in [-0.4, -0.2) is 35.3 Å². The highest BCUT2D eigenvalue weighted by Gasteiger charge is 2.24. The summed E-state index contributed by atoms with van der Waals surface area (Å²) >= 11 is 3.23. The van der Waals surface area contributed by atoms with Gasteiger partial charge in [-0.2, -0.15) is 4.98 Å². The number of esters is 1. The maximum absolute atomic E-state index is 14.2. The van der Waals surface area contributed by atoms with Crippen molar-refractivity contribution in [1.29, 1.82) is 0 Å². The lowest BCUT2D eigenvalue weighted by Gasteiger charge is -2.27. The van der Waals surface area contributed by atoms with Crippen LogP contribution < -0.4 is 4.74 Å². The predicted molar refractivity (Wildman–Crippen MR) is 99.6 cm³/mol. The summed E-state index contributed by atoms with van der Waals surface area (Å²) in [6, 6.07) is 9.83. The maximum Gasteiger partial charge on any atom is 0.337 e. The molecule has 1 fully saturated rings. The average molecular weight is 435 g/mol. The zero-order valence-corrected chi connectivity index (χ0v) is 16.0. The predicted octanol–water partition coefficient (Wildman–Crippen LogP) is 4.31. The summed E-state index contributed by atoms with van der Waals surface area (Å²) in [5.41, 5.74) is 1.73. The quantitative estimate of drug-likeness (QED) is 0.560. The molecule has 8 heteroatoms. The topological polar surface area (TPSA) is 62.6 Å². The molecule has 1 unspecified atom stereocenters. The van der Waals surface area contributed by atoms with Crippen molar-refractivity contribution in [2.75, 3.05) is 13.7 Å². The SMILES string of the molecule is COC(=O)c1ccc2nc(Oc3ccc(Br)cc3F)n(CC3CCO3)c2c1. The molecule has 0 spiro atoms. The molecule has 6 nitrogen and oxygen atoms in total. The fraction of sp³-hybridized carbons (Fsp3) is 0.263. The van der Waals surface area contributed by atoms with Gasteiger partial charge in [0, 0.05) is 11.1 Å². The van der Waals surface area contributed by atoms with E-state index < -0.39 is 11.8 Å². The average Bonchev–Trinajstić information content (AvgIpc) is 2.96. The van der Waals surface area contributed by atoms with Crippen LogP contribution in [0.15, 0.2) is 40.9 Å². The Morgan fingerprint density at radius 3 is 2.85 bits per heavy atom. The molecule has 4 rings (SSSR count). The lowest BCUT2D eigenvalue weighted by atomic mass is 10.1. The Bertz CT molecular complexity index is 1020. The second-order valence-electron chi connectivity index (χ2n) is 6.16. The first-order valence-corrected chi connectivity index (χ1v) is 9.17. The van der Waals surface area contributed by atoms with Gasteiger partial charge in [-0.3, -0.25) is 4.57 Å². The standard InChI is InChI=1S/C19H16BrFN2O4/c1-25-18(24)11-2-4-15-16(8-11)23(10-13-6-7-26-13)19(22-15)27-17-5-3-12(20)9-14(17)21/h2-5,8-9,13H,6-7,10H2,1H3. The molecule has 27 heavy (non-hydrogen) atoms. The highest BCUT2D eigenvalue weighted by molar-refractivity contribution is 9.10. The minimum atomic E-state index is -0.502. The van der Waals surface area contributed by atoms with E-state index in [4.69, 9.17) is 14.2 Å². The van der Waals surface area contributed by atoms with Crippen molar-refractivity contribution in [2.45, 2.75) is 19.1 Å². The van der Waals surface area contributed by atoms with Gasteiger partial charge < -0.3 is 14.2 Å². The Labute approximate surface area is 163 Å². The number of halogens is 2. The van der Waals surface area contributed by atoms with Crippen LogP contribution in [0.25, 0.3) is 11.0 Å². The second-order valence-corrected chi connectivity index (χ2v) is 7.07. The molecule has 0 radical (unpaired) electrons. The smallest absolute Gasteiger partial charge is 0.337 e. The molecule has 0 saturated carbocycles. The van der Waals surface area contributed by atoms with Gasteiger partial charge in [-0.15, -0.1) is 0 Å². The van der Waals surface area contributed by atoms with E-state index in [1.165, 1.54) is 19.2 Å². The van der Waals surface area contributed by atoms with Crippen LogP contribution in [0.5, 0.6) is 11.8 Å². The third-order valence-electron chi connectivity index (χ3n) is 4.41. The molecule has 0 bridgehead atoms.